The van der Waals surface area contributed by atoms with Gasteiger partial charge in [-0.2, -0.15) is 0 Å². The highest BCUT2D eigenvalue weighted by Crippen LogP contribution is 2.24. The number of ether oxygens (including phenoxy) is 1. The lowest BCUT2D eigenvalue weighted by Crippen LogP contribution is -2.12. The Morgan fingerprint density at radius 2 is 2.05 bits per heavy atom. The van der Waals surface area contributed by atoms with E-state index in [0.29, 0.717) is 18.5 Å². The molecule has 0 radical (unpaired) electrons. The number of benzene rings is 1. The first kappa shape index (κ1) is 13.8. The van der Waals surface area contributed by atoms with E-state index in [9.17, 15) is 0 Å². The van der Waals surface area contributed by atoms with Crippen molar-refractivity contribution in [2.45, 2.75) is 38.3 Å². The van der Waals surface area contributed by atoms with Crippen LogP contribution in [0.1, 0.15) is 31.2 Å². The van der Waals surface area contributed by atoms with Crippen molar-refractivity contribution in [1.82, 2.24) is 9.97 Å². The lowest BCUT2D eigenvalue weighted by molar-refractivity contribution is 0.201. The summed E-state index contributed by atoms with van der Waals surface area (Å²) in [5.74, 6) is 1.36. The molecule has 21 heavy (non-hydrogen) atoms. The summed E-state index contributed by atoms with van der Waals surface area (Å²) >= 11 is 0. The average molecular weight is 284 g/mol. The standard InChI is InChI=1S/C16H20N4O/c17-10-12-4-3-5-13(8-12)20-15-9-16(19-11-18-15)21-14-6-1-2-7-14/h3-5,8-9,11,14H,1-2,6-7,10,17H2,(H,18,19,20). The first-order chi connectivity index (χ1) is 10.3. The van der Waals surface area contributed by atoms with Crippen molar-refractivity contribution in [3.8, 4) is 5.88 Å². The maximum atomic E-state index is 5.89. The third-order valence-corrected chi connectivity index (χ3v) is 3.67. The van der Waals surface area contributed by atoms with E-state index in [1.165, 1.54) is 19.2 Å². The van der Waals surface area contributed by atoms with Crippen molar-refractivity contribution < 1.29 is 4.74 Å². The van der Waals surface area contributed by atoms with Gasteiger partial charge in [-0.3, -0.25) is 0 Å². The smallest absolute Gasteiger partial charge is 0.218 e. The van der Waals surface area contributed by atoms with Gasteiger partial charge in [-0.25, -0.2) is 9.97 Å². The first-order valence-corrected chi connectivity index (χ1v) is 7.38. The molecule has 1 aromatic carbocycles. The van der Waals surface area contributed by atoms with Crippen molar-refractivity contribution in [2.75, 3.05) is 5.32 Å². The van der Waals surface area contributed by atoms with Crippen LogP contribution in [0.4, 0.5) is 11.5 Å². The van der Waals surface area contributed by atoms with E-state index >= 15 is 0 Å². The maximum Gasteiger partial charge on any atom is 0.218 e. The molecule has 0 amide bonds. The lowest BCUT2D eigenvalue weighted by Gasteiger charge is -2.13. The van der Waals surface area contributed by atoms with Gasteiger partial charge >= 0.3 is 0 Å². The van der Waals surface area contributed by atoms with E-state index < -0.39 is 0 Å². The molecular weight excluding hydrogens is 264 g/mol. The summed E-state index contributed by atoms with van der Waals surface area (Å²) in [7, 11) is 0. The molecule has 1 fully saturated rings. The molecule has 110 valence electrons. The molecule has 1 saturated carbocycles. The predicted octanol–water partition coefficient (Wildman–Crippen LogP) is 3.00. The van der Waals surface area contributed by atoms with Crippen LogP contribution in [0, 0.1) is 0 Å². The van der Waals surface area contributed by atoms with E-state index in [1.807, 2.05) is 30.3 Å². The zero-order valence-corrected chi connectivity index (χ0v) is 12.0. The molecule has 5 nitrogen and oxygen atoms in total. The molecule has 1 heterocycles. The van der Waals surface area contributed by atoms with Crippen molar-refractivity contribution in [1.29, 1.82) is 0 Å². The highest BCUT2D eigenvalue weighted by atomic mass is 16.5. The number of hydrogen-bond donors (Lipinski definition) is 2. The molecule has 2 aromatic rings. The number of anilines is 2. The van der Waals surface area contributed by atoms with Crippen LogP contribution in [0.15, 0.2) is 36.7 Å². The third-order valence-electron chi connectivity index (χ3n) is 3.67. The Kier molecular flexibility index (Phi) is 4.31. The fourth-order valence-electron chi connectivity index (χ4n) is 2.57. The topological polar surface area (TPSA) is 73.1 Å². The molecule has 1 aliphatic carbocycles. The van der Waals surface area contributed by atoms with Gasteiger partial charge in [-0.1, -0.05) is 12.1 Å². The number of nitrogens with two attached hydrogens (primary N) is 1. The van der Waals surface area contributed by atoms with Crippen molar-refractivity contribution in [2.24, 2.45) is 5.73 Å². The zero-order chi connectivity index (χ0) is 14.5. The van der Waals surface area contributed by atoms with Crippen LogP contribution in [0.25, 0.3) is 0 Å². The fraction of sp³-hybridized carbons (Fsp3) is 0.375. The molecule has 0 aliphatic heterocycles. The van der Waals surface area contributed by atoms with Gasteiger partial charge in [0.25, 0.3) is 0 Å². The Labute approximate surface area is 124 Å². The van der Waals surface area contributed by atoms with Gasteiger partial charge in [-0.15, -0.1) is 0 Å². The Morgan fingerprint density at radius 3 is 2.86 bits per heavy atom. The molecule has 1 aromatic heterocycles. The number of nitrogens with zero attached hydrogens (tertiary/aromatic N) is 2. The highest BCUT2D eigenvalue weighted by Gasteiger charge is 2.17. The summed E-state index contributed by atoms with van der Waals surface area (Å²) in [6, 6.07) is 9.81. The zero-order valence-electron chi connectivity index (χ0n) is 12.0. The van der Waals surface area contributed by atoms with Crippen molar-refractivity contribution in [3.05, 3.63) is 42.2 Å². The Hall–Kier alpha value is -2.14. The van der Waals surface area contributed by atoms with Gasteiger partial charge in [0.1, 0.15) is 18.2 Å². The highest BCUT2D eigenvalue weighted by molar-refractivity contribution is 5.57. The summed E-state index contributed by atoms with van der Waals surface area (Å²) in [6.07, 6.45) is 6.54. The van der Waals surface area contributed by atoms with Gasteiger partial charge in [-0.05, 0) is 43.4 Å². The Balaban J connectivity index is 1.70. The summed E-state index contributed by atoms with van der Waals surface area (Å²) in [4.78, 5) is 8.42. The number of nitrogens with one attached hydrogen (secondary N) is 1. The summed E-state index contributed by atoms with van der Waals surface area (Å²) in [5.41, 5.74) is 7.70. The largest absolute Gasteiger partial charge is 0.474 e. The van der Waals surface area contributed by atoms with Crippen molar-refractivity contribution >= 4 is 11.5 Å². The number of rotatable bonds is 5. The van der Waals surface area contributed by atoms with Crippen molar-refractivity contribution in [3.63, 3.8) is 0 Å². The molecular formula is C16H20N4O. The Morgan fingerprint density at radius 1 is 1.19 bits per heavy atom. The third kappa shape index (κ3) is 3.70. The number of aromatic nitrogens is 2. The summed E-state index contributed by atoms with van der Waals surface area (Å²) < 4.78 is 5.89. The van der Waals surface area contributed by atoms with Crippen LogP contribution >= 0.6 is 0 Å². The molecule has 3 N–H and O–H groups in total. The molecule has 0 spiro atoms. The van der Waals surface area contributed by atoms with Crippen LogP contribution in [0.3, 0.4) is 0 Å². The van der Waals surface area contributed by atoms with Crippen LogP contribution < -0.4 is 15.8 Å². The minimum atomic E-state index is 0.299. The molecule has 0 saturated heterocycles. The molecule has 0 bridgehead atoms. The first-order valence-electron chi connectivity index (χ1n) is 7.38. The van der Waals surface area contributed by atoms with E-state index in [2.05, 4.69) is 15.3 Å². The van der Waals surface area contributed by atoms with E-state index in [-0.39, 0.29) is 0 Å². The average Bonchev–Trinajstić information content (AvgIpc) is 3.01. The summed E-state index contributed by atoms with van der Waals surface area (Å²) in [5, 5.41) is 3.26. The second-order valence-corrected chi connectivity index (χ2v) is 5.30. The maximum absolute atomic E-state index is 5.89. The second kappa shape index (κ2) is 6.54. The minimum Gasteiger partial charge on any atom is -0.474 e. The van der Waals surface area contributed by atoms with E-state index in [4.69, 9.17) is 10.5 Å². The van der Waals surface area contributed by atoms with Crippen LogP contribution in [-0.2, 0) is 6.54 Å². The lowest BCUT2D eigenvalue weighted by atomic mass is 10.2. The van der Waals surface area contributed by atoms with Gasteiger partial charge in [0.05, 0.1) is 0 Å². The van der Waals surface area contributed by atoms with Gasteiger partial charge < -0.3 is 15.8 Å². The van der Waals surface area contributed by atoms with E-state index in [1.54, 1.807) is 0 Å². The molecule has 1 aliphatic rings. The molecule has 0 atom stereocenters. The van der Waals surface area contributed by atoms with Gasteiger partial charge in [0, 0.05) is 18.3 Å². The van der Waals surface area contributed by atoms with Crippen LogP contribution in [0.5, 0.6) is 5.88 Å². The van der Waals surface area contributed by atoms with Gasteiger partial charge in [0.15, 0.2) is 0 Å². The van der Waals surface area contributed by atoms with Crippen LogP contribution in [0.2, 0.25) is 0 Å². The second-order valence-electron chi connectivity index (χ2n) is 5.30. The molecule has 5 heteroatoms. The van der Waals surface area contributed by atoms with Gasteiger partial charge in [0.2, 0.25) is 5.88 Å². The normalized spacial score (nSPS) is 15.1. The molecule has 0 unspecified atom stereocenters. The SMILES string of the molecule is NCc1cccc(Nc2cc(OC3CCCC3)ncn2)c1. The predicted molar refractivity (Wildman–Crippen MR) is 82.5 cm³/mol. The molecule has 3 rings (SSSR count). The Bertz CT molecular complexity index is 596. The quantitative estimate of drug-likeness (QED) is 0.883. The van der Waals surface area contributed by atoms with Crippen LogP contribution in [-0.4, -0.2) is 16.1 Å². The fourth-order valence-corrected chi connectivity index (χ4v) is 2.57. The summed E-state index contributed by atoms with van der Waals surface area (Å²) in [6.45, 7) is 0.523. The monoisotopic (exact) mass is 284 g/mol. The minimum absolute atomic E-state index is 0.299. The van der Waals surface area contributed by atoms with E-state index in [0.717, 1.165) is 29.9 Å². The number of hydrogen-bond acceptors (Lipinski definition) is 5.